The van der Waals surface area contributed by atoms with E-state index in [-0.39, 0.29) is 5.78 Å². The molecule has 0 saturated carbocycles. The molecule has 120 valence electrons. The second-order valence-corrected chi connectivity index (χ2v) is 6.09. The van der Waals surface area contributed by atoms with Gasteiger partial charge in [0.2, 0.25) is 5.78 Å². The van der Waals surface area contributed by atoms with Crippen LogP contribution >= 0.6 is 15.9 Å². The van der Waals surface area contributed by atoms with E-state index < -0.39 is 18.1 Å². The minimum absolute atomic E-state index is 0.0673. The van der Waals surface area contributed by atoms with Crippen molar-refractivity contribution in [2.75, 3.05) is 7.05 Å². The van der Waals surface area contributed by atoms with Gasteiger partial charge in [0.25, 0.3) is 0 Å². The van der Waals surface area contributed by atoms with Gasteiger partial charge in [0.15, 0.2) is 12.1 Å². The van der Waals surface area contributed by atoms with Gasteiger partial charge in [-0.15, -0.1) is 0 Å². The smallest absolute Gasteiger partial charge is 0.303 e. The normalized spacial score (nSPS) is 13.2. The lowest BCUT2D eigenvalue weighted by Gasteiger charge is -2.23. The number of benzene rings is 2. The predicted octanol–water partition coefficient (Wildman–Crippen LogP) is 2.50. The number of likely N-dealkylation sites (N-methyl/N-ethyl adjacent to an activating group) is 1. The molecule has 0 fully saturated rings. The maximum Gasteiger partial charge on any atom is 0.303 e. The van der Waals surface area contributed by atoms with Gasteiger partial charge >= 0.3 is 5.97 Å². The number of rotatable bonds is 6. The standard InChI is InChI=1S/C18H18BrNO3/c1-12(21)23-18(14-8-10-15(19)11-9-14)16(20-2)17(22)13-6-4-3-5-7-13/h3-11,16,18,20H,1-2H3/p+1/t16-,18+/m1/s1. The third-order valence-corrected chi connectivity index (χ3v) is 4.07. The van der Waals surface area contributed by atoms with Crippen LogP contribution < -0.4 is 5.32 Å². The Morgan fingerprint density at radius 2 is 1.65 bits per heavy atom. The number of quaternary nitrogens is 1. The number of halogens is 1. The Hall–Kier alpha value is -1.98. The minimum Gasteiger partial charge on any atom is -0.451 e. The zero-order valence-electron chi connectivity index (χ0n) is 13.0. The lowest BCUT2D eigenvalue weighted by molar-refractivity contribution is -0.657. The van der Waals surface area contributed by atoms with Crippen LogP contribution in [0.15, 0.2) is 59.1 Å². The van der Waals surface area contributed by atoms with Crippen molar-refractivity contribution in [1.82, 2.24) is 0 Å². The number of ketones is 1. The summed E-state index contributed by atoms with van der Waals surface area (Å²) in [7, 11) is 1.81. The number of carbonyl (C=O) groups is 2. The monoisotopic (exact) mass is 376 g/mol. The second-order valence-electron chi connectivity index (χ2n) is 5.17. The van der Waals surface area contributed by atoms with E-state index in [1.165, 1.54) is 6.92 Å². The third-order valence-electron chi connectivity index (χ3n) is 3.54. The highest BCUT2D eigenvalue weighted by molar-refractivity contribution is 9.10. The van der Waals surface area contributed by atoms with Gasteiger partial charge < -0.3 is 10.1 Å². The van der Waals surface area contributed by atoms with Crippen LogP contribution in [0.25, 0.3) is 0 Å². The van der Waals surface area contributed by atoms with Gasteiger partial charge in [-0.3, -0.25) is 9.59 Å². The fourth-order valence-corrected chi connectivity index (χ4v) is 2.70. The van der Waals surface area contributed by atoms with E-state index in [1.807, 2.05) is 42.5 Å². The van der Waals surface area contributed by atoms with E-state index in [4.69, 9.17) is 4.74 Å². The van der Waals surface area contributed by atoms with Gasteiger partial charge in [-0.05, 0) is 17.7 Å². The summed E-state index contributed by atoms with van der Waals surface area (Å²) in [4.78, 5) is 24.3. The number of hydrogen-bond acceptors (Lipinski definition) is 3. The maximum atomic E-state index is 12.8. The molecule has 5 heteroatoms. The summed E-state index contributed by atoms with van der Waals surface area (Å²) in [6.07, 6.45) is -0.640. The molecule has 0 amide bonds. The highest BCUT2D eigenvalue weighted by Gasteiger charge is 2.35. The summed E-state index contributed by atoms with van der Waals surface area (Å²) in [6.45, 7) is 1.35. The summed E-state index contributed by atoms with van der Waals surface area (Å²) >= 11 is 3.38. The number of carbonyl (C=O) groups excluding carboxylic acids is 2. The molecule has 0 spiro atoms. The highest BCUT2D eigenvalue weighted by Crippen LogP contribution is 2.24. The summed E-state index contributed by atoms with van der Waals surface area (Å²) in [6, 6.07) is 15.9. The molecular formula is C18H19BrNO3+. The van der Waals surface area contributed by atoms with E-state index in [9.17, 15) is 9.59 Å². The predicted molar refractivity (Wildman–Crippen MR) is 91.1 cm³/mol. The van der Waals surface area contributed by atoms with Crippen molar-refractivity contribution in [2.45, 2.75) is 19.1 Å². The summed E-state index contributed by atoms with van der Waals surface area (Å²) in [5, 5.41) is 1.78. The van der Waals surface area contributed by atoms with E-state index in [0.29, 0.717) is 5.56 Å². The SMILES string of the molecule is C[NH2+][C@H](C(=O)c1ccccc1)[C@@H](OC(C)=O)c1ccc(Br)cc1. The van der Waals surface area contributed by atoms with Crippen LogP contribution in [0.2, 0.25) is 0 Å². The van der Waals surface area contributed by atoms with Gasteiger partial charge in [-0.25, -0.2) is 0 Å². The molecular weight excluding hydrogens is 358 g/mol. The summed E-state index contributed by atoms with van der Waals surface area (Å²) < 4.78 is 6.39. The first-order valence-electron chi connectivity index (χ1n) is 7.34. The molecule has 23 heavy (non-hydrogen) atoms. The van der Waals surface area contributed by atoms with Crippen LogP contribution in [-0.4, -0.2) is 24.8 Å². The molecule has 2 aromatic rings. The Morgan fingerprint density at radius 1 is 1.04 bits per heavy atom. The van der Waals surface area contributed by atoms with Gasteiger partial charge in [-0.2, -0.15) is 0 Å². The van der Waals surface area contributed by atoms with Crippen LogP contribution in [0.1, 0.15) is 28.9 Å². The second kappa shape index (κ2) is 8.04. The number of Topliss-reactive ketones (excluding diaryl/α,β-unsaturated/α-hetero) is 1. The lowest BCUT2D eigenvalue weighted by atomic mass is 9.95. The Kier molecular flexibility index (Phi) is 6.07. The van der Waals surface area contributed by atoms with Crippen molar-refractivity contribution in [3.63, 3.8) is 0 Å². The third kappa shape index (κ3) is 4.50. The molecule has 2 atom stereocenters. The first-order valence-corrected chi connectivity index (χ1v) is 8.13. The van der Waals surface area contributed by atoms with E-state index >= 15 is 0 Å². The first kappa shape index (κ1) is 17.4. The van der Waals surface area contributed by atoms with E-state index in [2.05, 4.69) is 15.9 Å². The molecule has 0 aliphatic carbocycles. The van der Waals surface area contributed by atoms with Gasteiger partial charge in [0.05, 0.1) is 7.05 Å². The minimum atomic E-state index is -0.640. The molecule has 0 aromatic heterocycles. The van der Waals surface area contributed by atoms with Crippen molar-refractivity contribution in [1.29, 1.82) is 0 Å². The molecule has 0 aliphatic heterocycles. The number of hydrogen-bond donors (Lipinski definition) is 1. The fourth-order valence-electron chi connectivity index (χ4n) is 2.44. The Labute approximate surface area is 144 Å². The number of nitrogens with two attached hydrogens (primary N) is 1. The average molecular weight is 377 g/mol. The van der Waals surface area contributed by atoms with Crippen molar-refractivity contribution < 1.29 is 19.6 Å². The molecule has 0 bridgehead atoms. The highest BCUT2D eigenvalue weighted by atomic mass is 79.9. The van der Waals surface area contributed by atoms with Crippen LogP contribution in [-0.2, 0) is 9.53 Å². The van der Waals surface area contributed by atoms with E-state index in [0.717, 1.165) is 10.0 Å². The Morgan fingerprint density at radius 3 is 2.17 bits per heavy atom. The maximum absolute atomic E-state index is 12.8. The van der Waals surface area contributed by atoms with Crippen molar-refractivity contribution in [3.05, 3.63) is 70.2 Å². The fraction of sp³-hybridized carbons (Fsp3) is 0.222. The van der Waals surface area contributed by atoms with E-state index in [1.54, 1.807) is 24.5 Å². The quantitative estimate of drug-likeness (QED) is 0.622. The number of esters is 1. The molecule has 0 saturated heterocycles. The molecule has 0 radical (unpaired) electrons. The number of ether oxygens (including phenoxy) is 1. The zero-order valence-corrected chi connectivity index (χ0v) is 14.6. The van der Waals surface area contributed by atoms with Crippen LogP contribution in [0.3, 0.4) is 0 Å². The Bertz CT molecular complexity index is 670. The molecule has 2 aromatic carbocycles. The first-order chi connectivity index (χ1) is 11.0. The van der Waals surface area contributed by atoms with Crippen LogP contribution in [0.4, 0.5) is 0 Å². The molecule has 2 rings (SSSR count). The molecule has 0 heterocycles. The summed E-state index contributed by atoms with van der Waals surface area (Å²) in [5.41, 5.74) is 1.39. The largest absolute Gasteiger partial charge is 0.451 e. The van der Waals surface area contributed by atoms with Crippen molar-refractivity contribution in [3.8, 4) is 0 Å². The summed E-state index contributed by atoms with van der Waals surface area (Å²) in [5.74, 6) is -0.479. The van der Waals surface area contributed by atoms with Crippen molar-refractivity contribution >= 4 is 27.7 Å². The topological polar surface area (TPSA) is 60.0 Å². The lowest BCUT2D eigenvalue weighted by Crippen LogP contribution is -2.89. The van der Waals surface area contributed by atoms with Crippen LogP contribution in [0.5, 0.6) is 0 Å². The Balaban J connectivity index is 2.37. The van der Waals surface area contributed by atoms with Crippen molar-refractivity contribution in [2.24, 2.45) is 0 Å². The molecule has 0 unspecified atom stereocenters. The average Bonchev–Trinajstić information content (AvgIpc) is 2.55. The van der Waals surface area contributed by atoms with Crippen LogP contribution in [0, 0.1) is 0 Å². The van der Waals surface area contributed by atoms with Gasteiger partial charge in [0, 0.05) is 17.0 Å². The zero-order chi connectivity index (χ0) is 16.8. The molecule has 2 N–H and O–H groups in total. The molecule has 0 aliphatic rings. The van der Waals surface area contributed by atoms with Gasteiger partial charge in [-0.1, -0.05) is 58.4 Å². The molecule has 4 nitrogen and oxygen atoms in total. The van der Waals surface area contributed by atoms with Gasteiger partial charge in [0.1, 0.15) is 0 Å².